The molecule has 4 nitrogen and oxygen atoms in total. The Kier molecular flexibility index (Phi) is 4.98. The Hall–Kier alpha value is -0.130. The monoisotopic (exact) mass is 263 g/mol. The van der Waals surface area contributed by atoms with Gasteiger partial charge in [-0.3, -0.25) is 0 Å². The molecule has 102 valence electrons. The van der Waals surface area contributed by atoms with Crippen LogP contribution in [0, 0.1) is 5.92 Å². The molecular weight excluding hydrogens is 238 g/mol. The van der Waals surface area contributed by atoms with Crippen LogP contribution in [0.3, 0.4) is 0 Å². The van der Waals surface area contributed by atoms with Crippen molar-refractivity contribution in [1.82, 2.24) is 4.31 Å². The largest absolute Gasteiger partial charge is 0.395 e. The van der Waals surface area contributed by atoms with E-state index in [4.69, 9.17) is 0 Å². The first kappa shape index (κ1) is 14.9. The number of hydrogen-bond donors (Lipinski definition) is 1. The van der Waals surface area contributed by atoms with Crippen molar-refractivity contribution < 1.29 is 13.5 Å². The van der Waals surface area contributed by atoms with Gasteiger partial charge in [-0.05, 0) is 39.0 Å². The summed E-state index contributed by atoms with van der Waals surface area (Å²) >= 11 is 0. The summed E-state index contributed by atoms with van der Waals surface area (Å²) in [5.74, 6) is 0.385. The highest BCUT2D eigenvalue weighted by Gasteiger charge is 2.42. The second-order valence-electron chi connectivity index (χ2n) is 5.62. The minimum absolute atomic E-state index is 0.0827. The molecule has 0 aromatic heterocycles. The van der Waals surface area contributed by atoms with Crippen LogP contribution in [0.2, 0.25) is 0 Å². The molecule has 0 aromatic rings. The first-order valence-corrected chi connectivity index (χ1v) is 7.94. The molecule has 0 amide bonds. The molecule has 0 unspecified atom stereocenters. The first-order valence-electron chi connectivity index (χ1n) is 6.43. The maximum Gasteiger partial charge on any atom is 0.217 e. The zero-order valence-corrected chi connectivity index (χ0v) is 12.1. The van der Waals surface area contributed by atoms with Crippen LogP contribution in [0.1, 0.15) is 47.0 Å². The summed E-state index contributed by atoms with van der Waals surface area (Å²) in [6, 6.07) is -0.131. The van der Waals surface area contributed by atoms with E-state index < -0.39 is 15.3 Å². The fourth-order valence-electron chi connectivity index (χ4n) is 2.09. The van der Waals surface area contributed by atoms with Crippen LogP contribution in [-0.4, -0.2) is 41.8 Å². The van der Waals surface area contributed by atoms with E-state index in [1.807, 2.05) is 0 Å². The van der Waals surface area contributed by atoms with Crippen LogP contribution in [0.25, 0.3) is 0 Å². The fraction of sp³-hybridized carbons (Fsp3) is 1.00. The van der Waals surface area contributed by atoms with Crippen LogP contribution in [0.15, 0.2) is 0 Å². The summed E-state index contributed by atoms with van der Waals surface area (Å²) in [5, 5.41) is 9.05. The van der Waals surface area contributed by atoms with Crippen molar-refractivity contribution in [2.75, 3.05) is 6.61 Å². The highest BCUT2D eigenvalue weighted by atomic mass is 32.2. The average molecular weight is 263 g/mol. The van der Waals surface area contributed by atoms with E-state index in [0.717, 1.165) is 19.3 Å². The zero-order chi connectivity index (χ0) is 13.2. The Morgan fingerprint density at radius 3 is 2.06 bits per heavy atom. The highest BCUT2D eigenvalue weighted by Crippen LogP contribution is 2.34. The third kappa shape index (κ3) is 3.66. The van der Waals surface area contributed by atoms with Gasteiger partial charge in [0.15, 0.2) is 0 Å². The first-order chi connectivity index (χ1) is 7.80. The molecule has 0 saturated heterocycles. The van der Waals surface area contributed by atoms with Gasteiger partial charge in [-0.1, -0.05) is 13.8 Å². The standard InChI is InChI=1S/C12H25NO3S/c1-9(2)7-12(8-14)13(11-5-6-11)17(15,16)10(3)4/h9-12,14H,5-8H2,1-4H3/t12-/m1/s1. The number of nitrogens with zero attached hydrogens (tertiary/aromatic N) is 1. The molecular formula is C12H25NO3S. The Balaban J connectivity index is 2.91. The van der Waals surface area contributed by atoms with Crippen molar-refractivity contribution in [3.05, 3.63) is 0 Å². The summed E-state index contributed by atoms with van der Waals surface area (Å²) in [6.45, 7) is 7.43. The highest BCUT2D eigenvalue weighted by molar-refractivity contribution is 7.89. The van der Waals surface area contributed by atoms with Crippen LogP contribution in [-0.2, 0) is 10.0 Å². The van der Waals surface area contributed by atoms with Crippen molar-refractivity contribution in [2.24, 2.45) is 5.92 Å². The lowest BCUT2D eigenvalue weighted by Crippen LogP contribution is -2.47. The molecule has 1 N–H and O–H groups in total. The van der Waals surface area contributed by atoms with E-state index in [9.17, 15) is 13.5 Å². The third-order valence-corrected chi connectivity index (χ3v) is 5.49. The second kappa shape index (κ2) is 5.67. The van der Waals surface area contributed by atoms with Crippen LogP contribution >= 0.6 is 0 Å². The zero-order valence-electron chi connectivity index (χ0n) is 11.3. The number of rotatable bonds is 7. The lowest BCUT2D eigenvalue weighted by atomic mass is 10.0. The van der Waals surface area contributed by atoms with E-state index in [1.54, 1.807) is 18.2 Å². The molecule has 0 aliphatic heterocycles. The molecule has 1 aliphatic carbocycles. The van der Waals surface area contributed by atoms with Crippen molar-refractivity contribution in [1.29, 1.82) is 0 Å². The third-order valence-electron chi connectivity index (χ3n) is 3.11. The van der Waals surface area contributed by atoms with Crippen LogP contribution < -0.4 is 0 Å². The summed E-state index contributed by atoms with van der Waals surface area (Å²) in [7, 11) is -3.26. The van der Waals surface area contributed by atoms with Gasteiger partial charge in [-0.2, -0.15) is 4.31 Å². The molecule has 1 saturated carbocycles. The van der Waals surface area contributed by atoms with Crippen molar-refractivity contribution in [3.8, 4) is 0 Å². The topological polar surface area (TPSA) is 57.6 Å². The predicted octanol–water partition coefficient (Wildman–Crippen LogP) is 1.60. The molecule has 0 aromatic carbocycles. The lowest BCUT2D eigenvalue weighted by Gasteiger charge is -2.32. The fourth-order valence-corrected chi connectivity index (χ4v) is 3.77. The van der Waals surface area contributed by atoms with Gasteiger partial charge in [0.2, 0.25) is 10.0 Å². The summed E-state index contributed by atoms with van der Waals surface area (Å²) < 4.78 is 26.2. The normalized spacial score (nSPS) is 19.3. The van der Waals surface area contributed by atoms with Crippen molar-refractivity contribution >= 4 is 10.0 Å². The molecule has 1 fully saturated rings. The number of hydrogen-bond acceptors (Lipinski definition) is 3. The molecule has 0 bridgehead atoms. The minimum atomic E-state index is -3.26. The maximum absolute atomic E-state index is 12.3. The number of aliphatic hydroxyl groups is 1. The Morgan fingerprint density at radius 1 is 1.24 bits per heavy atom. The van der Waals surface area contributed by atoms with E-state index >= 15 is 0 Å². The van der Waals surface area contributed by atoms with E-state index in [0.29, 0.717) is 5.92 Å². The Morgan fingerprint density at radius 2 is 1.76 bits per heavy atom. The van der Waals surface area contributed by atoms with E-state index in [2.05, 4.69) is 13.8 Å². The Bertz CT molecular complexity index is 334. The van der Waals surface area contributed by atoms with E-state index in [-0.39, 0.29) is 18.7 Å². The smallest absolute Gasteiger partial charge is 0.217 e. The van der Waals surface area contributed by atoms with Crippen LogP contribution in [0.5, 0.6) is 0 Å². The van der Waals surface area contributed by atoms with Gasteiger partial charge in [-0.15, -0.1) is 0 Å². The van der Waals surface area contributed by atoms with E-state index in [1.165, 1.54) is 0 Å². The maximum atomic E-state index is 12.3. The molecule has 5 heteroatoms. The number of sulfonamides is 1. The molecule has 0 heterocycles. The second-order valence-corrected chi connectivity index (χ2v) is 8.02. The van der Waals surface area contributed by atoms with Crippen molar-refractivity contribution in [2.45, 2.75) is 64.3 Å². The Labute approximate surface area is 105 Å². The molecule has 1 rings (SSSR count). The molecule has 0 spiro atoms. The quantitative estimate of drug-likeness (QED) is 0.759. The number of aliphatic hydroxyl groups excluding tert-OH is 1. The minimum Gasteiger partial charge on any atom is -0.395 e. The average Bonchev–Trinajstić information content (AvgIpc) is 2.99. The van der Waals surface area contributed by atoms with Gasteiger partial charge in [0.1, 0.15) is 0 Å². The molecule has 1 atom stereocenters. The SMILES string of the molecule is CC(C)C[C@H](CO)N(C1CC1)S(=O)(=O)C(C)C. The summed E-state index contributed by atoms with van der Waals surface area (Å²) in [5.41, 5.74) is 0. The van der Waals surface area contributed by atoms with Gasteiger partial charge in [-0.25, -0.2) is 8.42 Å². The molecule has 0 radical (unpaired) electrons. The van der Waals surface area contributed by atoms with Crippen molar-refractivity contribution in [3.63, 3.8) is 0 Å². The predicted molar refractivity (Wildman–Crippen MR) is 69.2 cm³/mol. The van der Waals surface area contributed by atoms with Gasteiger partial charge in [0, 0.05) is 12.1 Å². The lowest BCUT2D eigenvalue weighted by molar-refractivity contribution is 0.163. The van der Waals surface area contributed by atoms with Gasteiger partial charge < -0.3 is 5.11 Å². The van der Waals surface area contributed by atoms with Crippen LogP contribution in [0.4, 0.5) is 0 Å². The van der Waals surface area contributed by atoms with Gasteiger partial charge in [0.05, 0.1) is 11.9 Å². The summed E-state index contributed by atoms with van der Waals surface area (Å²) in [6.07, 6.45) is 2.58. The molecule has 1 aliphatic rings. The molecule has 17 heavy (non-hydrogen) atoms. The summed E-state index contributed by atoms with van der Waals surface area (Å²) in [4.78, 5) is 0. The van der Waals surface area contributed by atoms with Gasteiger partial charge in [0.25, 0.3) is 0 Å². The van der Waals surface area contributed by atoms with Gasteiger partial charge >= 0.3 is 0 Å².